The van der Waals surface area contributed by atoms with Crippen LogP contribution in [-0.4, -0.2) is 13.1 Å². The molecule has 0 bridgehead atoms. The van der Waals surface area contributed by atoms with Crippen LogP contribution in [-0.2, 0) is 6.42 Å². The molecule has 2 aliphatic carbocycles. The van der Waals surface area contributed by atoms with E-state index in [1.165, 1.54) is 44.9 Å². The lowest BCUT2D eigenvalue weighted by Crippen LogP contribution is -2.38. The zero-order chi connectivity index (χ0) is 13.9. The molecule has 0 aliphatic heterocycles. The van der Waals surface area contributed by atoms with Crippen molar-refractivity contribution in [1.82, 2.24) is 5.32 Å². The molecule has 0 saturated heterocycles. The first-order valence-corrected chi connectivity index (χ1v) is 8.56. The first kappa shape index (κ1) is 14.1. The van der Waals surface area contributed by atoms with E-state index in [2.05, 4.69) is 43.6 Å². The molecule has 0 amide bonds. The Morgan fingerprint density at radius 2 is 1.90 bits per heavy atom. The van der Waals surface area contributed by atoms with Crippen LogP contribution in [0, 0.1) is 11.8 Å². The van der Waals surface area contributed by atoms with Gasteiger partial charge in [0, 0.05) is 6.04 Å². The third-order valence-electron chi connectivity index (χ3n) is 5.91. The van der Waals surface area contributed by atoms with Gasteiger partial charge in [0.15, 0.2) is 0 Å². The van der Waals surface area contributed by atoms with Crippen LogP contribution in [0.3, 0.4) is 0 Å². The minimum Gasteiger partial charge on any atom is -0.317 e. The number of hydrogen-bond donors (Lipinski definition) is 1. The number of fused-ring (bicyclic) bond motifs is 1. The average Bonchev–Trinajstić information content (AvgIpc) is 2.49. The normalized spacial score (nSPS) is 30.4. The first-order chi connectivity index (χ1) is 9.81. The third-order valence-corrected chi connectivity index (χ3v) is 5.91. The van der Waals surface area contributed by atoms with Crippen molar-refractivity contribution in [2.45, 2.75) is 63.8 Å². The zero-order valence-corrected chi connectivity index (χ0v) is 13.1. The van der Waals surface area contributed by atoms with E-state index in [1.54, 1.807) is 11.1 Å². The van der Waals surface area contributed by atoms with Gasteiger partial charge in [-0.1, -0.05) is 50.5 Å². The van der Waals surface area contributed by atoms with E-state index in [4.69, 9.17) is 0 Å². The van der Waals surface area contributed by atoms with Gasteiger partial charge in [0.05, 0.1) is 0 Å². The topological polar surface area (TPSA) is 12.0 Å². The number of nitrogens with one attached hydrogen (secondary N) is 1. The Morgan fingerprint density at radius 3 is 2.55 bits per heavy atom. The van der Waals surface area contributed by atoms with Crippen molar-refractivity contribution in [2.75, 3.05) is 7.05 Å². The van der Waals surface area contributed by atoms with E-state index in [-0.39, 0.29) is 0 Å². The number of rotatable bonds is 5. The molecule has 110 valence electrons. The molecule has 0 radical (unpaired) electrons. The first-order valence-electron chi connectivity index (χ1n) is 8.56. The minimum absolute atomic E-state index is 0.728. The summed E-state index contributed by atoms with van der Waals surface area (Å²) in [4.78, 5) is 0. The second-order valence-electron chi connectivity index (χ2n) is 6.92. The highest BCUT2D eigenvalue weighted by Crippen LogP contribution is 2.41. The Labute approximate surface area is 124 Å². The standard InChI is InChI=1S/C19H29N/c1-3-14-8-10-15(11-9-14)19(20-2)13-17-12-16-6-4-5-7-18(16)17/h4-7,14-15,17,19-20H,3,8-13H2,1-2H3. The van der Waals surface area contributed by atoms with Crippen molar-refractivity contribution < 1.29 is 0 Å². The smallest absolute Gasteiger partial charge is 0.00982 e. The summed E-state index contributed by atoms with van der Waals surface area (Å²) in [6.45, 7) is 2.35. The fourth-order valence-corrected chi connectivity index (χ4v) is 4.42. The van der Waals surface area contributed by atoms with Crippen LogP contribution in [0.15, 0.2) is 24.3 Å². The molecule has 0 aromatic heterocycles. The summed E-state index contributed by atoms with van der Waals surface area (Å²) >= 11 is 0. The molecule has 1 fully saturated rings. The maximum atomic E-state index is 3.63. The minimum atomic E-state index is 0.728. The van der Waals surface area contributed by atoms with Crippen LogP contribution < -0.4 is 5.32 Å². The van der Waals surface area contributed by atoms with Crippen LogP contribution >= 0.6 is 0 Å². The van der Waals surface area contributed by atoms with Gasteiger partial charge in [-0.2, -0.15) is 0 Å². The Kier molecular flexibility index (Phi) is 4.45. The summed E-state index contributed by atoms with van der Waals surface area (Å²) in [6.07, 6.45) is 9.83. The molecule has 0 heterocycles. The summed E-state index contributed by atoms with van der Waals surface area (Å²) in [6, 6.07) is 9.74. The summed E-state index contributed by atoms with van der Waals surface area (Å²) in [5.74, 6) is 2.73. The second-order valence-corrected chi connectivity index (χ2v) is 6.92. The highest BCUT2D eigenvalue weighted by Gasteiger charge is 2.32. The molecule has 1 saturated carbocycles. The monoisotopic (exact) mass is 271 g/mol. The van der Waals surface area contributed by atoms with Gasteiger partial charge in [-0.25, -0.2) is 0 Å². The molecular weight excluding hydrogens is 242 g/mol. The Morgan fingerprint density at radius 1 is 1.15 bits per heavy atom. The van der Waals surface area contributed by atoms with Crippen LogP contribution in [0.4, 0.5) is 0 Å². The summed E-state index contributed by atoms with van der Waals surface area (Å²) in [5, 5.41) is 3.63. The predicted octanol–water partition coefficient (Wildman–Crippen LogP) is 4.52. The van der Waals surface area contributed by atoms with E-state index in [9.17, 15) is 0 Å². The quantitative estimate of drug-likeness (QED) is 0.830. The van der Waals surface area contributed by atoms with Crippen LogP contribution in [0.2, 0.25) is 0 Å². The molecule has 2 atom stereocenters. The predicted molar refractivity (Wildman–Crippen MR) is 86.1 cm³/mol. The molecule has 1 nitrogen and oxygen atoms in total. The van der Waals surface area contributed by atoms with Gasteiger partial charge in [-0.15, -0.1) is 0 Å². The van der Waals surface area contributed by atoms with Crippen molar-refractivity contribution in [3.63, 3.8) is 0 Å². The van der Waals surface area contributed by atoms with E-state index in [1.807, 2.05) is 0 Å². The van der Waals surface area contributed by atoms with Crippen LogP contribution in [0.5, 0.6) is 0 Å². The molecule has 1 aromatic carbocycles. The summed E-state index contributed by atoms with van der Waals surface area (Å²) in [7, 11) is 2.17. The van der Waals surface area contributed by atoms with Crippen molar-refractivity contribution in [1.29, 1.82) is 0 Å². The van der Waals surface area contributed by atoms with E-state index in [0.29, 0.717) is 0 Å². The third kappa shape index (κ3) is 2.79. The van der Waals surface area contributed by atoms with Gasteiger partial charge in [-0.3, -0.25) is 0 Å². The van der Waals surface area contributed by atoms with E-state index < -0.39 is 0 Å². The van der Waals surface area contributed by atoms with E-state index in [0.717, 1.165) is 23.8 Å². The SMILES string of the molecule is CCC1CCC(C(CC2Cc3ccccc32)NC)CC1. The highest BCUT2D eigenvalue weighted by atomic mass is 14.9. The lowest BCUT2D eigenvalue weighted by Gasteiger charge is -2.38. The Balaban J connectivity index is 1.56. The van der Waals surface area contributed by atoms with Crippen molar-refractivity contribution >= 4 is 0 Å². The number of hydrogen-bond acceptors (Lipinski definition) is 1. The van der Waals surface area contributed by atoms with Gasteiger partial charge in [0.1, 0.15) is 0 Å². The van der Waals surface area contributed by atoms with Gasteiger partial charge < -0.3 is 5.32 Å². The highest BCUT2D eigenvalue weighted by molar-refractivity contribution is 5.39. The largest absolute Gasteiger partial charge is 0.317 e. The van der Waals surface area contributed by atoms with Crippen molar-refractivity contribution in [3.8, 4) is 0 Å². The fraction of sp³-hybridized carbons (Fsp3) is 0.684. The maximum Gasteiger partial charge on any atom is 0.00982 e. The molecule has 1 aromatic rings. The average molecular weight is 271 g/mol. The molecule has 0 spiro atoms. The van der Waals surface area contributed by atoms with Crippen LogP contribution in [0.1, 0.15) is 62.5 Å². The van der Waals surface area contributed by atoms with Gasteiger partial charge in [0.2, 0.25) is 0 Å². The maximum absolute atomic E-state index is 3.63. The Hall–Kier alpha value is -0.820. The van der Waals surface area contributed by atoms with Gasteiger partial charge in [-0.05, 0) is 61.6 Å². The lowest BCUT2D eigenvalue weighted by molar-refractivity contribution is 0.208. The lowest BCUT2D eigenvalue weighted by atomic mass is 9.70. The summed E-state index contributed by atoms with van der Waals surface area (Å²) in [5.41, 5.74) is 3.21. The molecule has 2 unspecified atom stereocenters. The molecular formula is C19H29N. The molecule has 3 rings (SSSR count). The molecule has 1 heteroatoms. The zero-order valence-electron chi connectivity index (χ0n) is 13.1. The van der Waals surface area contributed by atoms with E-state index >= 15 is 0 Å². The second kappa shape index (κ2) is 6.30. The van der Waals surface area contributed by atoms with Crippen molar-refractivity contribution in [2.24, 2.45) is 11.8 Å². The van der Waals surface area contributed by atoms with Gasteiger partial charge >= 0.3 is 0 Å². The Bertz CT molecular complexity index is 431. The molecule has 2 aliphatic rings. The molecule has 20 heavy (non-hydrogen) atoms. The van der Waals surface area contributed by atoms with Gasteiger partial charge in [0.25, 0.3) is 0 Å². The molecule has 1 N–H and O–H groups in total. The van der Waals surface area contributed by atoms with Crippen molar-refractivity contribution in [3.05, 3.63) is 35.4 Å². The van der Waals surface area contributed by atoms with Crippen LogP contribution in [0.25, 0.3) is 0 Å². The summed E-state index contributed by atoms with van der Waals surface area (Å²) < 4.78 is 0. The number of benzene rings is 1. The fourth-order valence-electron chi connectivity index (χ4n) is 4.42.